The van der Waals surface area contributed by atoms with E-state index in [4.69, 9.17) is 0 Å². The molecule has 1 N–H and O–H groups in total. The van der Waals surface area contributed by atoms with Crippen molar-refractivity contribution in [1.29, 1.82) is 0 Å². The third-order valence-electron chi connectivity index (χ3n) is 5.59. The molecule has 152 valence electrons. The van der Waals surface area contributed by atoms with Gasteiger partial charge in [-0.3, -0.25) is 4.79 Å². The molecule has 0 aliphatic carbocycles. The molecule has 0 spiro atoms. The Balaban J connectivity index is 1.86. The van der Waals surface area contributed by atoms with Crippen LogP contribution < -0.4 is 4.90 Å². The lowest BCUT2D eigenvalue weighted by atomic mass is 9.77. The van der Waals surface area contributed by atoms with Gasteiger partial charge in [0.05, 0.1) is 12.2 Å². The van der Waals surface area contributed by atoms with Crippen LogP contribution in [0.15, 0.2) is 91.0 Å². The minimum Gasteiger partial charge on any atom is -0.374 e. The molecule has 1 aliphatic rings. The molecule has 1 heterocycles. The Bertz CT molecular complexity index is 1060. The van der Waals surface area contributed by atoms with Gasteiger partial charge in [0.1, 0.15) is 5.82 Å². The summed E-state index contributed by atoms with van der Waals surface area (Å²) in [5, 5.41) is 11.9. The summed E-state index contributed by atoms with van der Waals surface area (Å²) in [7, 11) is 0. The predicted molar refractivity (Wildman–Crippen MR) is 117 cm³/mol. The summed E-state index contributed by atoms with van der Waals surface area (Å²) in [6, 6.07) is 23.2. The molecule has 0 unspecified atom stereocenters. The normalized spacial score (nSPS) is 19.3. The molecule has 0 aromatic heterocycles. The van der Waals surface area contributed by atoms with Gasteiger partial charge >= 0.3 is 0 Å². The second-order valence-electron chi connectivity index (χ2n) is 7.53. The maximum Gasteiger partial charge on any atom is 0.264 e. The Morgan fingerprint density at radius 3 is 2.37 bits per heavy atom. The van der Waals surface area contributed by atoms with Crippen molar-refractivity contribution in [2.24, 2.45) is 0 Å². The highest BCUT2D eigenvalue weighted by molar-refractivity contribution is 6.07. The van der Waals surface area contributed by atoms with Crippen molar-refractivity contribution < 1.29 is 14.3 Å². The summed E-state index contributed by atoms with van der Waals surface area (Å²) in [4.78, 5) is 15.3. The van der Waals surface area contributed by atoms with Crippen molar-refractivity contribution >= 4 is 11.6 Å². The zero-order valence-electron chi connectivity index (χ0n) is 16.8. The van der Waals surface area contributed by atoms with Crippen LogP contribution in [0.4, 0.5) is 10.1 Å². The fourth-order valence-corrected chi connectivity index (χ4v) is 4.13. The van der Waals surface area contributed by atoms with Crippen molar-refractivity contribution in [3.05, 3.63) is 114 Å². The smallest absolute Gasteiger partial charge is 0.264 e. The lowest BCUT2D eigenvalue weighted by molar-refractivity contribution is -0.137. The zero-order valence-corrected chi connectivity index (χ0v) is 16.8. The molecule has 0 saturated carbocycles. The number of halogens is 1. The fraction of sp³-hybridized carbons (Fsp3) is 0.192. The van der Waals surface area contributed by atoms with Crippen molar-refractivity contribution in [1.82, 2.24) is 0 Å². The maximum absolute atomic E-state index is 14.2. The van der Waals surface area contributed by atoms with Crippen LogP contribution in [0.5, 0.6) is 0 Å². The monoisotopic (exact) mass is 401 g/mol. The Kier molecular flexibility index (Phi) is 5.51. The fourth-order valence-electron chi connectivity index (χ4n) is 4.13. The number of aliphatic hydroxyl groups is 1. The van der Waals surface area contributed by atoms with E-state index in [9.17, 15) is 14.3 Å². The SMILES string of the molecule is CC/C=C/[C@@H](c1ccccc1)[C@]1(O)C(=O)N(Cc2ccccc2)c2ccc(F)cc21. The number of anilines is 1. The molecule has 1 amide bonds. The number of hydrogen-bond donors (Lipinski definition) is 1. The van der Waals surface area contributed by atoms with Gasteiger partial charge in [0, 0.05) is 11.5 Å². The van der Waals surface area contributed by atoms with Crippen LogP contribution in [0.1, 0.15) is 36.0 Å². The summed E-state index contributed by atoms with van der Waals surface area (Å²) in [5.74, 6) is -1.55. The van der Waals surface area contributed by atoms with E-state index in [1.165, 1.54) is 12.1 Å². The first-order valence-electron chi connectivity index (χ1n) is 10.2. The van der Waals surface area contributed by atoms with Crippen molar-refractivity contribution in [3.8, 4) is 0 Å². The first-order chi connectivity index (χ1) is 14.6. The molecule has 0 radical (unpaired) electrons. The van der Waals surface area contributed by atoms with Crippen LogP contribution in [-0.4, -0.2) is 11.0 Å². The van der Waals surface area contributed by atoms with Crippen LogP contribution in [0.3, 0.4) is 0 Å². The number of amides is 1. The average molecular weight is 401 g/mol. The molecule has 3 nitrogen and oxygen atoms in total. The molecule has 3 aromatic carbocycles. The molecule has 2 atom stereocenters. The number of hydrogen-bond acceptors (Lipinski definition) is 2. The number of carbonyl (C=O) groups excluding carboxylic acids is 1. The Morgan fingerprint density at radius 2 is 1.70 bits per heavy atom. The van der Waals surface area contributed by atoms with Gasteiger partial charge in [-0.15, -0.1) is 0 Å². The van der Waals surface area contributed by atoms with Crippen molar-refractivity contribution in [2.75, 3.05) is 4.90 Å². The van der Waals surface area contributed by atoms with E-state index >= 15 is 0 Å². The largest absolute Gasteiger partial charge is 0.374 e. The van der Waals surface area contributed by atoms with Gasteiger partial charge < -0.3 is 10.0 Å². The summed E-state index contributed by atoms with van der Waals surface area (Å²) in [6.07, 6.45) is 4.55. The van der Waals surface area contributed by atoms with Crippen LogP contribution in [-0.2, 0) is 16.9 Å². The van der Waals surface area contributed by atoms with Gasteiger partial charge in [0.15, 0.2) is 5.60 Å². The summed E-state index contributed by atoms with van der Waals surface area (Å²) >= 11 is 0. The first-order valence-corrected chi connectivity index (χ1v) is 10.2. The second-order valence-corrected chi connectivity index (χ2v) is 7.53. The van der Waals surface area contributed by atoms with Crippen molar-refractivity contribution in [2.45, 2.75) is 31.4 Å². The molecule has 0 saturated heterocycles. The van der Waals surface area contributed by atoms with Gasteiger partial charge in [-0.25, -0.2) is 4.39 Å². The van der Waals surface area contributed by atoms with E-state index in [2.05, 4.69) is 0 Å². The highest BCUT2D eigenvalue weighted by Crippen LogP contribution is 2.49. The number of fused-ring (bicyclic) bond motifs is 1. The molecule has 4 rings (SSSR count). The lowest BCUT2D eigenvalue weighted by Gasteiger charge is -2.30. The topological polar surface area (TPSA) is 40.5 Å². The minimum absolute atomic E-state index is 0.304. The molecule has 4 heteroatoms. The van der Waals surface area contributed by atoms with E-state index in [1.807, 2.05) is 79.7 Å². The molecular weight excluding hydrogens is 377 g/mol. The van der Waals surface area contributed by atoms with Gasteiger partial charge in [-0.05, 0) is 35.7 Å². The van der Waals surface area contributed by atoms with Crippen LogP contribution in [0.2, 0.25) is 0 Å². The van der Waals surface area contributed by atoms with E-state index < -0.39 is 23.2 Å². The number of carbonyl (C=O) groups is 1. The Labute approximate surface area is 176 Å². The zero-order chi connectivity index (χ0) is 21.1. The van der Waals surface area contributed by atoms with E-state index in [0.29, 0.717) is 17.8 Å². The van der Waals surface area contributed by atoms with E-state index in [0.717, 1.165) is 17.5 Å². The maximum atomic E-state index is 14.2. The molecular formula is C26H24FNO2. The minimum atomic E-state index is -1.89. The van der Waals surface area contributed by atoms with E-state index in [-0.39, 0.29) is 0 Å². The quantitative estimate of drug-likeness (QED) is 0.569. The molecule has 0 fully saturated rings. The van der Waals surface area contributed by atoms with Crippen LogP contribution >= 0.6 is 0 Å². The number of nitrogens with zero attached hydrogens (tertiary/aromatic N) is 1. The third kappa shape index (κ3) is 3.44. The van der Waals surface area contributed by atoms with Crippen LogP contribution in [0, 0.1) is 5.82 Å². The van der Waals surface area contributed by atoms with E-state index in [1.54, 1.807) is 11.0 Å². The first kappa shape index (κ1) is 20.0. The molecule has 1 aliphatic heterocycles. The number of benzene rings is 3. The highest BCUT2D eigenvalue weighted by atomic mass is 19.1. The van der Waals surface area contributed by atoms with Gasteiger partial charge in [-0.2, -0.15) is 0 Å². The summed E-state index contributed by atoms with van der Waals surface area (Å²) in [5.41, 5.74) is 0.691. The standard InChI is InChI=1S/C26H24FNO2/c1-2-3-14-22(20-12-8-5-9-13-20)26(30)23-17-21(27)15-16-24(23)28(25(26)29)18-19-10-6-4-7-11-19/h3-17,22,30H,2,18H2,1H3/b14-3+/t22-,26+/m0/s1. The van der Waals surface area contributed by atoms with Crippen molar-refractivity contribution in [3.63, 3.8) is 0 Å². The van der Waals surface area contributed by atoms with Crippen LogP contribution in [0.25, 0.3) is 0 Å². The Morgan fingerprint density at radius 1 is 1.03 bits per heavy atom. The second kappa shape index (κ2) is 8.25. The Hall–Kier alpha value is -3.24. The summed E-state index contributed by atoms with van der Waals surface area (Å²) < 4.78 is 14.2. The van der Waals surface area contributed by atoms with Gasteiger partial charge in [0.2, 0.25) is 0 Å². The lowest BCUT2D eigenvalue weighted by Crippen LogP contribution is -2.44. The van der Waals surface area contributed by atoms with Gasteiger partial charge in [-0.1, -0.05) is 79.7 Å². The molecule has 30 heavy (non-hydrogen) atoms. The number of rotatable bonds is 6. The third-order valence-corrected chi connectivity index (χ3v) is 5.59. The summed E-state index contributed by atoms with van der Waals surface area (Å²) in [6.45, 7) is 2.30. The number of allylic oxidation sites excluding steroid dienone is 1. The average Bonchev–Trinajstić information content (AvgIpc) is 2.97. The highest BCUT2D eigenvalue weighted by Gasteiger charge is 2.54. The van der Waals surface area contributed by atoms with Gasteiger partial charge in [0.25, 0.3) is 5.91 Å². The molecule has 3 aromatic rings. The predicted octanol–water partition coefficient (Wildman–Crippen LogP) is 5.31. The molecule has 0 bridgehead atoms.